The van der Waals surface area contributed by atoms with Crippen molar-refractivity contribution in [1.29, 1.82) is 0 Å². The number of carboxylic acid groups (broad SMARTS) is 1. The number of carboxylic acids is 1. The van der Waals surface area contributed by atoms with Gasteiger partial charge in [-0.05, 0) is 24.5 Å². The summed E-state index contributed by atoms with van der Waals surface area (Å²) in [6, 6.07) is 8.01. The minimum absolute atomic E-state index is 0.0947. The number of carbonyl (C=O) groups is 1. The molecule has 3 aliphatic rings. The van der Waals surface area contributed by atoms with E-state index in [1.807, 2.05) is 29.8 Å². The van der Waals surface area contributed by atoms with Crippen LogP contribution in [0.15, 0.2) is 36.7 Å². The average molecular weight is 254 g/mol. The second-order valence-corrected chi connectivity index (χ2v) is 5.70. The summed E-state index contributed by atoms with van der Waals surface area (Å²) in [5, 5.41) is 9.67. The van der Waals surface area contributed by atoms with E-state index in [1.165, 1.54) is 5.56 Å². The Morgan fingerprint density at radius 3 is 2.89 bits per heavy atom. The molecule has 2 aliphatic heterocycles. The fourth-order valence-electron chi connectivity index (χ4n) is 3.77. The molecule has 0 radical (unpaired) electrons. The molecule has 0 fully saturated rings. The minimum atomic E-state index is -0.757. The van der Waals surface area contributed by atoms with Crippen LogP contribution in [-0.2, 0) is 4.79 Å². The fraction of sp³-hybridized carbons (Fsp3) is 0.333. The molecule has 3 heterocycles. The van der Waals surface area contributed by atoms with Crippen LogP contribution in [0, 0.1) is 5.41 Å². The van der Waals surface area contributed by atoms with Crippen LogP contribution in [0.3, 0.4) is 0 Å². The van der Waals surface area contributed by atoms with Crippen LogP contribution in [0.1, 0.15) is 42.3 Å². The van der Waals surface area contributed by atoms with Crippen molar-refractivity contribution in [2.24, 2.45) is 5.41 Å². The smallest absolute Gasteiger partial charge is 0.311 e. The van der Waals surface area contributed by atoms with E-state index in [2.05, 4.69) is 17.1 Å². The van der Waals surface area contributed by atoms with Crippen molar-refractivity contribution in [3.8, 4) is 0 Å². The Bertz CT molecular complexity index is 691. The number of benzene rings is 1. The summed E-state index contributed by atoms with van der Waals surface area (Å²) < 4.78 is 2.05. The molecular formula is C15H14N2O2. The zero-order valence-corrected chi connectivity index (χ0v) is 10.6. The maximum atomic E-state index is 11.8. The Hall–Kier alpha value is -2.10. The highest BCUT2D eigenvalue weighted by Crippen LogP contribution is 2.57. The number of nitrogens with zero attached hydrogens (tertiary/aromatic N) is 2. The van der Waals surface area contributed by atoms with Crippen molar-refractivity contribution >= 4 is 5.97 Å². The lowest BCUT2D eigenvalue weighted by atomic mass is 9.62. The summed E-state index contributed by atoms with van der Waals surface area (Å²) in [4.78, 5) is 16.2. The summed E-state index contributed by atoms with van der Waals surface area (Å²) in [6.07, 6.45) is 4.30. The summed E-state index contributed by atoms with van der Waals surface area (Å²) in [5.41, 5.74) is 1.62. The van der Waals surface area contributed by atoms with Crippen molar-refractivity contribution < 1.29 is 9.90 Å². The van der Waals surface area contributed by atoms with Crippen LogP contribution < -0.4 is 0 Å². The Morgan fingerprint density at radius 1 is 1.42 bits per heavy atom. The second kappa shape index (κ2) is 3.26. The molecule has 1 aromatic heterocycles. The predicted octanol–water partition coefficient (Wildman–Crippen LogP) is 2.41. The van der Waals surface area contributed by atoms with Crippen LogP contribution >= 0.6 is 0 Å². The Balaban J connectivity index is 2.05. The van der Waals surface area contributed by atoms with Gasteiger partial charge in [0.15, 0.2) is 0 Å². The van der Waals surface area contributed by atoms with Crippen LogP contribution in [-0.4, -0.2) is 20.6 Å². The molecule has 1 aliphatic carbocycles. The van der Waals surface area contributed by atoms with E-state index in [4.69, 9.17) is 0 Å². The highest BCUT2D eigenvalue weighted by Gasteiger charge is 2.54. The molecule has 3 unspecified atom stereocenters. The molecule has 1 aromatic carbocycles. The van der Waals surface area contributed by atoms with Gasteiger partial charge in [-0.1, -0.05) is 24.3 Å². The molecule has 0 saturated carbocycles. The van der Waals surface area contributed by atoms with E-state index in [9.17, 15) is 9.90 Å². The molecule has 5 rings (SSSR count). The number of hydrogen-bond acceptors (Lipinski definition) is 2. The summed E-state index contributed by atoms with van der Waals surface area (Å²) in [6.45, 7) is 1.85. The van der Waals surface area contributed by atoms with E-state index in [1.54, 1.807) is 6.20 Å². The van der Waals surface area contributed by atoms with E-state index < -0.39 is 11.4 Å². The van der Waals surface area contributed by atoms with Gasteiger partial charge < -0.3 is 9.67 Å². The zero-order valence-electron chi connectivity index (χ0n) is 10.6. The molecule has 96 valence electrons. The van der Waals surface area contributed by atoms with Gasteiger partial charge >= 0.3 is 5.97 Å². The van der Waals surface area contributed by atoms with E-state index >= 15 is 0 Å². The summed E-state index contributed by atoms with van der Waals surface area (Å²) >= 11 is 0. The average Bonchev–Trinajstić information content (AvgIpc) is 2.88. The lowest BCUT2D eigenvalue weighted by Gasteiger charge is -2.48. The topological polar surface area (TPSA) is 55.1 Å². The Kier molecular flexibility index (Phi) is 1.85. The molecule has 0 saturated heterocycles. The normalized spacial score (nSPS) is 30.8. The molecular weight excluding hydrogens is 240 g/mol. The predicted molar refractivity (Wildman–Crippen MR) is 69.0 cm³/mol. The minimum Gasteiger partial charge on any atom is -0.481 e. The fourth-order valence-corrected chi connectivity index (χ4v) is 3.77. The first-order valence-electron chi connectivity index (χ1n) is 6.48. The van der Waals surface area contributed by atoms with E-state index in [0.717, 1.165) is 11.4 Å². The van der Waals surface area contributed by atoms with Gasteiger partial charge in [-0.3, -0.25) is 4.79 Å². The number of fused-ring (bicyclic) bond motifs is 1. The van der Waals surface area contributed by atoms with Gasteiger partial charge in [0.25, 0.3) is 0 Å². The maximum Gasteiger partial charge on any atom is 0.311 e. The molecule has 4 heteroatoms. The lowest BCUT2D eigenvalue weighted by molar-refractivity contribution is -0.152. The molecule has 2 bridgehead atoms. The van der Waals surface area contributed by atoms with Crippen molar-refractivity contribution in [3.05, 3.63) is 53.6 Å². The third kappa shape index (κ3) is 1.14. The van der Waals surface area contributed by atoms with Crippen LogP contribution in [0.2, 0.25) is 0 Å². The molecule has 4 nitrogen and oxygen atoms in total. The number of rotatable bonds is 1. The third-order valence-corrected chi connectivity index (χ3v) is 4.67. The highest BCUT2D eigenvalue weighted by molar-refractivity contribution is 5.77. The first-order chi connectivity index (χ1) is 9.13. The Morgan fingerprint density at radius 2 is 2.16 bits per heavy atom. The Labute approximate surface area is 110 Å². The standard InChI is InChI=1S/C15H14N2O2/c1-15(14(18)19)8-11-9-4-2-3-5-10(9)12(15)17-7-6-16-13(11)17/h2-7,11-12H,8H2,1H3,(H,18,19). The highest BCUT2D eigenvalue weighted by atomic mass is 16.4. The SMILES string of the molecule is CC1(C(=O)O)CC2c3ccccc3C1n1ccnc12. The largest absolute Gasteiger partial charge is 0.481 e. The van der Waals surface area contributed by atoms with Gasteiger partial charge in [0, 0.05) is 18.3 Å². The van der Waals surface area contributed by atoms with Crippen molar-refractivity contribution in [2.75, 3.05) is 0 Å². The quantitative estimate of drug-likeness (QED) is 0.850. The van der Waals surface area contributed by atoms with Gasteiger partial charge in [-0.2, -0.15) is 0 Å². The van der Waals surface area contributed by atoms with Crippen molar-refractivity contribution in [1.82, 2.24) is 9.55 Å². The van der Waals surface area contributed by atoms with Crippen LogP contribution in [0.4, 0.5) is 0 Å². The molecule has 0 spiro atoms. The van der Waals surface area contributed by atoms with Crippen LogP contribution in [0.5, 0.6) is 0 Å². The molecule has 1 N–H and O–H groups in total. The number of imidazole rings is 1. The van der Waals surface area contributed by atoms with Crippen LogP contribution in [0.25, 0.3) is 0 Å². The molecule has 2 aromatic rings. The van der Waals surface area contributed by atoms with E-state index in [-0.39, 0.29) is 12.0 Å². The first kappa shape index (κ1) is 10.8. The summed E-state index contributed by atoms with van der Waals surface area (Å²) in [5.74, 6) is 0.371. The van der Waals surface area contributed by atoms with Gasteiger partial charge in [0.2, 0.25) is 0 Å². The van der Waals surface area contributed by atoms with Gasteiger partial charge in [-0.25, -0.2) is 4.98 Å². The molecule has 0 amide bonds. The zero-order chi connectivity index (χ0) is 13.2. The van der Waals surface area contributed by atoms with Gasteiger partial charge in [0.05, 0.1) is 11.5 Å². The summed E-state index contributed by atoms with van der Waals surface area (Å²) in [7, 11) is 0. The van der Waals surface area contributed by atoms with Gasteiger partial charge in [0.1, 0.15) is 5.82 Å². The maximum absolute atomic E-state index is 11.8. The lowest BCUT2D eigenvalue weighted by Crippen LogP contribution is -2.47. The van der Waals surface area contributed by atoms with Crippen molar-refractivity contribution in [2.45, 2.75) is 25.3 Å². The number of aliphatic carboxylic acids is 1. The number of aromatic nitrogens is 2. The van der Waals surface area contributed by atoms with Crippen molar-refractivity contribution in [3.63, 3.8) is 0 Å². The molecule has 3 atom stereocenters. The third-order valence-electron chi connectivity index (χ3n) is 4.67. The first-order valence-corrected chi connectivity index (χ1v) is 6.48. The molecule has 19 heavy (non-hydrogen) atoms. The number of hydrogen-bond donors (Lipinski definition) is 1. The van der Waals surface area contributed by atoms with E-state index in [0.29, 0.717) is 6.42 Å². The second-order valence-electron chi connectivity index (χ2n) is 5.70. The van der Waals surface area contributed by atoms with Gasteiger partial charge in [-0.15, -0.1) is 0 Å². The monoisotopic (exact) mass is 254 g/mol.